The molecule has 0 unspecified atom stereocenters. The Balaban J connectivity index is 1.95. The number of halogens is 2. The quantitative estimate of drug-likeness (QED) is 0.765. The summed E-state index contributed by atoms with van der Waals surface area (Å²) in [5.74, 6) is 2.68. The highest BCUT2D eigenvalue weighted by atomic mass is 79.9. The van der Waals surface area contributed by atoms with Crippen molar-refractivity contribution in [3.8, 4) is 0 Å². The average molecular weight is 342 g/mol. The largest absolute Gasteiger partial charge is 0.236 e. The van der Waals surface area contributed by atoms with Gasteiger partial charge in [0.05, 0.1) is 5.69 Å². The van der Waals surface area contributed by atoms with Crippen molar-refractivity contribution < 1.29 is 0 Å². The second kappa shape index (κ2) is 5.19. The van der Waals surface area contributed by atoms with Gasteiger partial charge in [-0.3, -0.25) is 0 Å². The van der Waals surface area contributed by atoms with Gasteiger partial charge in [0.15, 0.2) is 0 Å². The van der Waals surface area contributed by atoms with E-state index in [0.29, 0.717) is 11.6 Å². The Labute approximate surface area is 123 Å². The molecule has 2 nitrogen and oxygen atoms in total. The zero-order chi connectivity index (χ0) is 12.5. The number of fused-ring (bicyclic) bond motifs is 1. The first kappa shape index (κ1) is 12.5. The summed E-state index contributed by atoms with van der Waals surface area (Å²) in [6.07, 6.45) is 0.707. The fourth-order valence-electron chi connectivity index (χ4n) is 1.95. The van der Waals surface area contributed by atoms with Crippen molar-refractivity contribution in [2.24, 2.45) is 0 Å². The molecule has 0 saturated heterocycles. The molecule has 0 aliphatic carbocycles. The number of aromatic nitrogens is 2. The van der Waals surface area contributed by atoms with Crippen molar-refractivity contribution in [2.75, 3.05) is 0 Å². The molecular weight excluding hydrogens is 332 g/mol. The number of hydrogen-bond acceptors (Lipinski definition) is 3. The smallest absolute Gasteiger partial charge is 0.137 e. The van der Waals surface area contributed by atoms with E-state index in [9.17, 15) is 0 Å². The zero-order valence-electron chi connectivity index (χ0n) is 9.49. The van der Waals surface area contributed by atoms with Crippen LogP contribution in [0.2, 0.25) is 5.15 Å². The van der Waals surface area contributed by atoms with E-state index in [-0.39, 0.29) is 0 Å². The third-order valence-electron chi connectivity index (χ3n) is 2.88. The Morgan fingerprint density at radius 1 is 1.22 bits per heavy atom. The highest BCUT2D eigenvalue weighted by molar-refractivity contribution is 9.10. The fourth-order valence-corrected chi connectivity index (χ4v) is 3.77. The summed E-state index contributed by atoms with van der Waals surface area (Å²) in [6, 6.07) is 8.12. The Morgan fingerprint density at radius 3 is 2.89 bits per heavy atom. The van der Waals surface area contributed by atoms with E-state index < -0.39 is 0 Å². The summed E-state index contributed by atoms with van der Waals surface area (Å²) in [7, 11) is 0. The molecule has 0 fully saturated rings. The summed E-state index contributed by atoms with van der Waals surface area (Å²) < 4.78 is 1.08. The van der Waals surface area contributed by atoms with Crippen LogP contribution in [0.5, 0.6) is 0 Å². The molecule has 0 amide bonds. The molecule has 1 aliphatic heterocycles. The van der Waals surface area contributed by atoms with E-state index in [2.05, 4.69) is 32.0 Å². The Bertz CT molecular complexity index is 604. The van der Waals surface area contributed by atoms with Crippen LogP contribution in [-0.4, -0.2) is 9.97 Å². The van der Waals surface area contributed by atoms with Gasteiger partial charge in [0, 0.05) is 28.0 Å². The van der Waals surface area contributed by atoms with Gasteiger partial charge < -0.3 is 0 Å². The van der Waals surface area contributed by atoms with E-state index in [0.717, 1.165) is 33.1 Å². The van der Waals surface area contributed by atoms with Crippen LogP contribution in [0, 0.1) is 0 Å². The molecule has 18 heavy (non-hydrogen) atoms. The molecule has 92 valence electrons. The van der Waals surface area contributed by atoms with E-state index in [1.165, 1.54) is 5.56 Å². The van der Waals surface area contributed by atoms with Gasteiger partial charge in [-0.2, -0.15) is 11.8 Å². The Hall–Kier alpha value is -0.580. The first-order valence-corrected chi connectivity index (χ1v) is 7.92. The van der Waals surface area contributed by atoms with Crippen molar-refractivity contribution >= 4 is 39.3 Å². The third-order valence-corrected chi connectivity index (χ3v) is 4.94. The van der Waals surface area contributed by atoms with Gasteiger partial charge in [-0.15, -0.1) is 0 Å². The molecule has 3 rings (SSSR count). The van der Waals surface area contributed by atoms with Crippen molar-refractivity contribution in [3.05, 3.63) is 56.5 Å². The minimum Gasteiger partial charge on any atom is -0.236 e. The van der Waals surface area contributed by atoms with Gasteiger partial charge in [-0.25, -0.2) is 9.97 Å². The number of nitrogens with zero attached hydrogens (tertiary/aromatic N) is 2. The Kier molecular flexibility index (Phi) is 3.59. The van der Waals surface area contributed by atoms with E-state index in [1.807, 2.05) is 30.0 Å². The van der Waals surface area contributed by atoms with Crippen molar-refractivity contribution in [1.29, 1.82) is 0 Å². The molecule has 2 aromatic rings. The monoisotopic (exact) mass is 340 g/mol. The summed E-state index contributed by atoms with van der Waals surface area (Å²) in [5, 5.41) is 0.618. The standard InChI is InChI=1S/C13H10BrClN2S/c14-10-4-2-1-3-8(10)5-12-16-11-7-18-6-9(11)13(15)17-12/h1-4H,5-7H2. The van der Waals surface area contributed by atoms with Crippen LogP contribution in [0.3, 0.4) is 0 Å². The van der Waals surface area contributed by atoms with Gasteiger partial charge >= 0.3 is 0 Å². The lowest BCUT2D eigenvalue weighted by atomic mass is 10.1. The third kappa shape index (κ3) is 2.42. The molecule has 1 aliphatic rings. The van der Waals surface area contributed by atoms with Crippen molar-refractivity contribution in [3.63, 3.8) is 0 Å². The molecule has 0 atom stereocenters. The minimum absolute atomic E-state index is 0.618. The minimum atomic E-state index is 0.618. The average Bonchev–Trinajstić information content (AvgIpc) is 2.81. The highest BCUT2D eigenvalue weighted by Crippen LogP contribution is 2.32. The summed E-state index contributed by atoms with van der Waals surface area (Å²) in [6.45, 7) is 0. The van der Waals surface area contributed by atoms with Gasteiger partial charge in [-0.1, -0.05) is 45.7 Å². The van der Waals surface area contributed by atoms with Crippen LogP contribution in [0.1, 0.15) is 22.6 Å². The highest BCUT2D eigenvalue weighted by Gasteiger charge is 2.18. The second-order valence-electron chi connectivity index (χ2n) is 4.12. The second-order valence-corrected chi connectivity index (χ2v) is 6.31. The van der Waals surface area contributed by atoms with Crippen LogP contribution < -0.4 is 0 Å². The van der Waals surface area contributed by atoms with E-state index in [4.69, 9.17) is 11.6 Å². The van der Waals surface area contributed by atoms with Gasteiger partial charge in [0.1, 0.15) is 11.0 Å². The zero-order valence-corrected chi connectivity index (χ0v) is 12.6. The lowest BCUT2D eigenvalue weighted by molar-refractivity contribution is 0.925. The summed E-state index contributed by atoms with van der Waals surface area (Å²) in [5.41, 5.74) is 3.39. The van der Waals surface area contributed by atoms with Crippen LogP contribution in [0.15, 0.2) is 28.7 Å². The molecule has 1 aromatic carbocycles. The molecule has 2 heterocycles. The predicted molar refractivity (Wildman–Crippen MR) is 79.0 cm³/mol. The molecular formula is C13H10BrClN2S. The SMILES string of the molecule is Clc1nc(Cc2ccccc2Br)nc2c1CSC2. The molecule has 0 bridgehead atoms. The molecule has 5 heteroatoms. The van der Waals surface area contributed by atoms with Gasteiger partial charge in [-0.05, 0) is 11.6 Å². The predicted octanol–water partition coefficient (Wildman–Crippen LogP) is 4.23. The van der Waals surface area contributed by atoms with Crippen molar-refractivity contribution in [1.82, 2.24) is 9.97 Å². The number of thioether (sulfide) groups is 1. The lowest BCUT2D eigenvalue weighted by Crippen LogP contribution is -2.02. The van der Waals surface area contributed by atoms with Gasteiger partial charge in [0.25, 0.3) is 0 Å². The Morgan fingerprint density at radius 2 is 2.06 bits per heavy atom. The summed E-state index contributed by atoms with van der Waals surface area (Å²) in [4.78, 5) is 9.01. The van der Waals surface area contributed by atoms with Crippen molar-refractivity contribution in [2.45, 2.75) is 17.9 Å². The van der Waals surface area contributed by atoms with E-state index in [1.54, 1.807) is 0 Å². The fraction of sp³-hybridized carbons (Fsp3) is 0.231. The summed E-state index contributed by atoms with van der Waals surface area (Å²) >= 11 is 11.6. The lowest BCUT2D eigenvalue weighted by Gasteiger charge is -2.06. The molecule has 0 saturated carbocycles. The van der Waals surface area contributed by atoms with Crippen LogP contribution in [-0.2, 0) is 17.9 Å². The topological polar surface area (TPSA) is 25.8 Å². The number of hydrogen-bond donors (Lipinski definition) is 0. The molecule has 0 spiro atoms. The molecule has 0 N–H and O–H groups in total. The van der Waals surface area contributed by atoms with Crippen LogP contribution >= 0.6 is 39.3 Å². The number of rotatable bonds is 2. The maximum Gasteiger partial charge on any atom is 0.137 e. The van der Waals surface area contributed by atoms with Crippen LogP contribution in [0.4, 0.5) is 0 Å². The normalized spacial score (nSPS) is 13.7. The maximum atomic E-state index is 6.20. The van der Waals surface area contributed by atoms with E-state index >= 15 is 0 Å². The number of benzene rings is 1. The molecule has 1 aromatic heterocycles. The maximum absolute atomic E-state index is 6.20. The van der Waals surface area contributed by atoms with Crippen LogP contribution in [0.25, 0.3) is 0 Å². The first-order valence-electron chi connectivity index (χ1n) is 5.59. The first-order chi connectivity index (χ1) is 8.74. The van der Waals surface area contributed by atoms with Gasteiger partial charge in [0.2, 0.25) is 0 Å². The molecule has 0 radical (unpaired) electrons.